The molecule has 0 fully saturated rings. The van der Waals surface area contributed by atoms with Crippen molar-refractivity contribution < 1.29 is 18.7 Å². The van der Waals surface area contributed by atoms with E-state index in [-0.39, 0.29) is 13.0 Å². The average molecular weight is 142 g/mol. The predicted molar refractivity (Wildman–Crippen MR) is 27.9 cm³/mol. The van der Waals surface area contributed by atoms with Gasteiger partial charge < -0.3 is 14.3 Å². The molecule has 0 atom stereocenters. The Bertz CT molecular complexity index is 51.8. The van der Waals surface area contributed by atoms with Crippen LogP contribution in [-0.2, 0) is 4.52 Å². The average Bonchev–Trinajstić information content (AvgIpc) is 1.66. The minimum atomic E-state index is -2.28. The zero-order chi connectivity index (χ0) is 6.41. The van der Waals surface area contributed by atoms with Crippen LogP contribution in [0.1, 0.15) is 6.42 Å². The van der Waals surface area contributed by atoms with Crippen molar-refractivity contribution in [3.63, 3.8) is 0 Å². The fourth-order valence-electron chi connectivity index (χ4n) is 0.201. The molecule has 0 unspecified atom stereocenters. The van der Waals surface area contributed by atoms with Crippen molar-refractivity contribution in [3.8, 4) is 0 Å². The fourth-order valence-corrected chi connectivity index (χ4v) is 0.493. The summed E-state index contributed by atoms with van der Waals surface area (Å²) in [7, 11) is -2.28. The third-order valence-corrected chi connectivity index (χ3v) is 0.898. The summed E-state index contributed by atoms with van der Waals surface area (Å²) in [6.45, 7) is -0.404. The van der Waals surface area contributed by atoms with Crippen molar-refractivity contribution in [2.24, 2.45) is 0 Å². The van der Waals surface area contributed by atoms with E-state index in [0.29, 0.717) is 0 Å². The maximum absolute atomic E-state index is 11.2. The van der Waals surface area contributed by atoms with Gasteiger partial charge in [-0.2, -0.15) is 0 Å². The van der Waals surface area contributed by atoms with Crippen LogP contribution in [-0.4, -0.2) is 23.1 Å². The predicted octanol–water partition coefficient (Wildman–Crippen LogP) is 0.574. The van der Waals surface area contributed by atoms with E-state index in [1.54, 1.807) is 0 Å². The first kappa shape index (κ1) is 8.24. The van der Waals surface area contributed by atoms with E-state index in [2.05, 4.69) is 4.52 Å². The van der Waals surface area contributed by atoms with Gasteiger partial charge in [0.1, 0.15) is 0 Å². The molecule has 2 N–H and O–H groups in total. The summed E-state index contributed by atoms with van der Waals surface area (Å²) >= 11 is 0. The van der Waals surface area contributed by atoms with Gasteiger partial charge >= 0.3 is 8.60 Å². The summed E-state index contributed by atoms with van der Waals surface area (Å²) in [5.74, 6) is 0. The van der Waals surface area contributed by atoms with Crippen LogP contribution >= 0.6 is 8.60 Å². The van der Waals surface area contributed by atoms with Gasteiger partial charge in [-0.05, 0) is 6.42 Å². The molecule has 8 heavy (non-hydrogen) atoms. The van der Waals surface area contributed by atoms with Crippen LogP contribution in [0.4, 0.5) is 4.39 Å². The standard InChI is InChI=1S/C3H8FO3P/c4-2-1-3-7-8(5)6/h5-6H,1-3H2. The normalized spacial score (nSPS) is 10.5. The third kappa shape index (κ3) is 6.24. The Morgan fingerprint density at radius 1 is 1.50 bits per heavy atom. The van der Waals surface area contributed by atoms with E-state index in [4.69, 9.17) is 9.79 Å². The van der Waals surface area contributed by atoms with E-state index in [9.17, 15) is 4.39 Å². The lowest BCUT2D eigenvalue weighted by Crippen LogP contribution is -1.89. The minimum absolute atomic E-state index is 0.0786. The molecule has 0 rings (SSSR count). The molecule has 50 valence electrons. The van der Waals surface area contributed by atoms with Crippen molar-refractivity contribution in [2.45, 2.75) is 6.42 Å². The van der Waals surface area contributed by atoms with Crippen molar-refractivity contribution in [1.29, 1.82) is 0 Å². The van der Waals surface area contributed by atoms with Crippen LogP contribution < -0.4 is 0 Å². The monoisotopic (exact) mass is 142 g/mol. The van der Waals surface area contributed by atoms with Crippen molar-refractivity contribution >= 4 is 8.60 Å². The summed E-state index contributed by atoms with van der Waals surface area (Å²) in [5.41, 5.74) is 0. The van der Waals surface area contributed by atoms with Gasteiger partial charge in [-0.1, -0.05) is 0 Å². The van der Waals surface area contributed by atoms with Crippen LogP contribution in [0.5, 0.6) is 0 Å². The number of alkyl halides is 1. The first-order chi connectivity index (χ1) is 3.77. The lowest BCUT2D eigenvalue weighted by atomic mass is 10.5. The highest BCUT2D eigenvalue weighted by atomic mass is 31.2. The Morgan fingerprint density at radius 2 is 2.12 bits per heavy atom. The Balaban J connectivity index is 2.72. The van der Waals surface area contributed by atoms with Gasteiger partial charge in [0, 0.05) is 0 Å². The molecule has 0 bridgehead atoms. The maximum atomic E-state index is 11.2. The first-order valence-electron chi connectivity index (χ1n) is 2.14. The lowest BCUT2D eigenvalue weighted by Gasteiger charge is -1.99. The number of rotatable bonds is 4. The number of halogens is 1. The molecule has 0 heterocycles. The molecule has 0 saturated heterocycles. The summed E-state index contributed by atoms with van der Waals surface area (Å²) in [4.78, 5) is 16.1. The molecule has 0 aliphatic rings. The van der Waals surface area contributed by atoms with Crippen molar-refractivity contribution in [3.05, 3.63) is 0 Å². The van der Waals surface area contributed by atoms with Crippen molar-refractivity contribution in [1.82, 2.24) is 0 Å². The Labute approximate surface area is 48.1 Å². The van der Waals surface area contributed by atoms with Gasteiger partial charge in [-0.3, -0.25) is 4.39 Å². The second kappa shape index (κ2) is 5.38. The van der Waals surface area contributed by atoms with E-state index in [1.165, 1.54) is 0 Å². The molecule has 0 radical (unpaired) electrons. The molecule has 5 heteroatoms. The second-order valence-corrected chi connectivity index (χ2v) is 1.89. The largest absolute Gasteiger partial charge is 0.328 e. The zero-order valence-corrected chi connectivity index (χ0v) is 5.14. The highest BCUT2D eigenvalue weighted by Gasteiger charge is 1.95. The van der Waals surface area contributed by atoms with Gasteiger partial charge in [0.05, 0.1) is 13.3 Å². The molecule has 0 aromatic carbocycles. The van der Waals surface area contributed by atoms with Gasteiger partial charge in [0.25, 0.3) is 0 Å². The molecular weight excluding hydrogens is 134 g/mol. The molecule has 0 amide bonds. The third-order valence-electron chi connectivity index (χ3n) is 0.485. The van der Waals surface area contributed by atoms with Gasteiger partial charge in [-0.25, -0.2) is 0 Å². The van der Waals surface area contributed by atoms with E-state index in [1.807, 2.05) is 0 Å². The number of hydrogen-bond acceptors (Lipinski definition) is 3. The minimum Gasteiger partial charge on any atom is -0.328 e. The fraction of sp³-hybridized carbons (Fsp3) is 1.00. The summed E-state index contributed by atoms with van der Waals surface area (Å²) in [6.07, 6.45) is 0.222. The Kier molecular flexibility index (Phi) is 5.54. The molecule has 0 spiro atoms. The smallest absolute Gasteiger partial charge is 0.327 e. The topological polar surface area (TPSA) is 49.7 Å². The van der Waals surface area contributed by atoms with E-state index >= 15 is 0 Å². The van der Waals surface area contributed by atoms with E-state index in [0.717, 1.165) is 0 Å². The van der Waals surface area contributed by atoms with Gasteiger partial charge in [0.2, 0.25) is 0 Å². The highest BCUT2D eigenvalue weighted by molar-refractivity contribution is 7.39. The first-order valence-corrected chi connectivity index (χ1v) is 3.30. The maximum Gasteiger partial charge on any atom is 0.327 e. The molecule has 0 aromatic heterocycles. The molecule has 0 aliphatic carbocycles. The van der Waals surface area contributed by atoms with Crippen LogP contribution in [0.2, 0.25) is 0 Å². The molecule has 3 nitrogen and oxygen atoms in total. The SMILES string of the molecule is OP(O)OCCCF. The second-order valence-electron chi connectivity index (χ2n) is 1.13. The molecule has 0 aromatic rings. The highest BCUT2D eigenvalue weighted by Crippen LogP contribution is 2.23. The Morgan fingerprint density at radius 3 is 2.50 bits per heavy atom. The van der Waals surface area contributed by atoms with Crippen molar-refractivity contribution in [2.75, 3.05) is 13.3 Å². The summed E-state index contributed by atoms with van der Waals surface area (Å²) in [5, 5.41) is 0. The van der Waals surface area contributed by atoms with Gasteiger partial charge in [-0.15, -0.1) is 0 Å². The van der Waals surface area contributed by atoms with Crippen LogP contribution in [0.25, 0.3) is 0 Å². The summed E-state index contributed by atoms with van der Waals surface area (Å²) < 4.78 is 15.4. The number of hydrogen-bond donors (Lipinski definition) is 2. The van der Waals surface area contributed by atoms with Crippen LogP contribution in [0, 0.1) is 0 Å². The Hall–Kier alpha value is 0.240. The van der Waals surface area contributed by atoms with Gasteiger partial charge in [0.15, 0.2) is 0 Å². The van der Waals surface area contributed by atoms with E-state index < -0.39 is 15.3 Å². The molecule has 0 saturated carbocycles. The van der Waals surface area contributed by atoms with Crippen LogP contribution in [0.3, 0.4) is 0 Å². The lowest BCUT2D eigenvalue weighted by molar-refractivity contribution is 0.241. The molecular formula is C3H8FO3P. The zero-order valence-electron chi connectivity index (χ0n) is 4.25. The quantitative estimate of drug-likeness (QED) is 0.445. The molecule has 0 aliphatic heterocycles. The summed E-state index contributed by atoms with van der Waals surface area (Å²) in [6, 6.07) is 0. The van der Waals surface area contributed by atoms with Crippen LogP contribution in [0.15, 0.2) is 0 Å².